The van der Waals surface area contributed by atoms with Crippen LogP contribution in [-0.4, -0.2) is 104 Å². The van der Waals surface area contributed by atoms with Crippen molar-refractivity contribution in [1.29, 1.82) is 0 Å². The van der Waals surface area contributed by atoms with E-state index in [0.29, 0.717) is 0 Å². The summed E-state index contributed by atoms with van der Waals surface area (Å²) in [5.74, 6) is -0.226. The van der Waals surface area contributed by atoms with Crippen molar-refractivity contribution in [2.75, 3.05) is 18.9 Å². The highest BCUT2D eigenvalue weighted by Crippen LogP contribution is 2.53. The lowest BCUT2D eigenvalue weighted by molar-refractivity contribution is -0.0619. The van der Waals surface area contributed by atoms with Gasteiger partial charge in [0.05, 0.1) is 24.9 Å². The number of anilines is 1. The molecule has 10 atom stereocenters. The first-order chi connectivity index (χ1) is 21.8. The number of aromatic nitrogens is 7. The molecule has 0 radical (unpaired) electrons. The SMILES string of the molecule is Nc1nc2c(ncn2[C@@H]2O[C@@H]3COP(O)(=S)O[C@H]4[C@@H](O)[C@H](n5cnc6ncccc6c5=O)O[C@@H]4COP(O)(=S)O[C@@H]2[C@@H]3O)c(=O)[nH]1. The van der Waals surface area contributed by atoms with Gasteiger partial charge in [-0.05, 0) is 35.7 Å². The summed E-state index contributed by atoms with van der Waals surface area (Å²) in [5, 5.41) is 22.5. The number of aliphatic hydroxyl groups is 2. The molecule has 46 heavy (non-hydrogen) atoms. The fourth-order valence-corrected chi connectivity index (χ4v) is 8.25. The lowest BCUT2D eigenvalue weighted by Gasteiger charge is -2.28. The maximum atomic E-state index is 13.2. The summed E-state index contributed by atoms with van der Waals surface area (Å²) in [6, 6.07) is 3.04. The molecule has 7 rings (SSSR count). The molecule has 0 aromatic carbocycles. The molecular weight excluding hydrogens is 694 g/mol. The maximum absolute atomic E-state index is 13.2. The number of hydrogen-bond donors (Lipinski definition) is 6. The van der Waals surface area contributed by atoms with E-state index in [9.17, 15) is 29.6 Å². The van der Waals surface area contributed by atoms with Gasteiger partial charge in [0.1, 0.15) is 43.0 Å². The van der Waals surface area contributed by atoms with Crippen LogP contribution < -0.4 is 16.9 Å². The van der Waals surface area contributed by atoms with E-state index in [0.717, 1.165) is 10.9 Å². The minimum Gasteiger partial charge on any atom is -0.387 e. The van der Waals surface area contributed by atoms with E-state index in [1.54, 1.807) is 6.07 Å². The highest BCUT2D eigenvalue weighted by molar-refractivity contribution is 8.07. The minimum atomic E-state index is -4.27. The van der Waals surface area contributed by atoms with Crippen molar-refractivity contribution in [3.8, 4) is 0 Å². The van der Waals surface area contributed by atoms with Crippen molar-refractivity contribution in [1.82, 2.24) is 34.1 Å². The molecule has 2 bridgehead atoms. The second-order valence-corrected chi connectivity index (χ2v) is 16.0. The molecular formula is C22H24N8O12P2S2. The summed E-state index contributed by atoms with van der Waals surface area (Å²) in [5.41, 5.74) is 4.51. The largest absolute Gasteiger partial charge is 0.387 e. The second-order valence-electron chi connectivity index (χ2n) is 10.4. The highest BCUT2D eigenvalue weighted by atomic mass is 32.5. The number of aliphatic hydroxyl groups excluding tert-OH is 2. The zero-order chi connectivity index (χ0) is 32.5. The van der Waals surface area contributed by atoms with Crippen LogP contribution in [0, 0.1) is 0 Å². The van der Waals surface area contributed by atoms with Gasteiger partial charge in [-0.25, -0.2) is 15.0 Å². The topological polar surface area (TPSA) is 274 Å². The van der Waals surface area contributed by atoms with E-state index in [4.69, 9.17) is 56.9 Å². The number of rotatable bonds is 2. The molecule has 0 amide bonds. The fourth-order valence-electron chi connectivity index (χ4n) is 5.40. The fraction of sp³-hybridized carbons (Fsp3) is 0.455. The molecule has 7 heterocycles. The number of H-pyrrole nitrogens is 1. The molecule has 24 heteroatoms. The Morgan fingerprint density at radius 2 is 1.59 bits per heavy atom. The zero-order valence-electron chi connectivity index (χ0n) is 22.9. The average Bonchev–Trinajstić information content (AvgIpc) is 3.65. The Hall–Kier alpha value is -2.66. The van der Waals surface area contributed by atoms with E-state index >= 15 is 0 Å². The number of nitrogens with two attached hydrogens (primary N) is 1. The van der Waals surface area contributed by atoms with E-state index in [1.807, 2.05) is 0 Å². The number of pyridine rings is 1. The third-order valence-electron chi connectivity index (χ3n) is 7.49. The zero-order valence-corrected chi connectivity index (χ0v) is 26.4. The molecule has 20 nitrogen and oxygen atoms in total. The van der Waals surface area contributed by atoms with E-state index in [1.165, 1.54) is 23.2 Å². The predicted octanol–water partition coefficient (Wildman–Crippen LogP) is -1.73. The van der Waals surface area contributed by atoms with Gasteiger partial charge in [-0.2, -0.15) is 4.98 Å². The maximum Gasteiger partial charge on any atom is 0.325 e. The monoisotopic (exact) mass is 718 g/mol. The Kier molecular flexibility index (Phi) is 8.18. The number of ether oxygens (including phenoxy) is 2. The van der Waals surface area contributed by atoms with Crippen molar-refractivity contribution in [3.05, 3.63) is 51.7 Å². The van der Waals surface area contributed by atoms with Crippen LogP contribution in [0.3, 0.4) is 0 Å². The molecule has 7 N–H and O–H groups in total. The van der Waals surface area contributed by atoms with Crippen LogP contribution in [0.1, 0.15) is 12.5 Å². The summed E-state index contributed by atoms with van der Waals surface area (Å²) in [6.07, 6.45) is -7.64. The summed E-state index contributed by atoms with van der Waals surface area (Å²) in [6.45, 7) is -9.67. The van der Waals surface area contributed by atoms with Crippen LogP contribution in [0.25, 0.3) is 22.2 Å². The molecule has 2 unspecified atom stereocenters. The Bertz CT molecular complexity index is 2050. The first kappa shape index (κ1) is 31.9. The van der Waals surface area contributed by atoms with Crippen LogP contribution in [0.2, 0.25) is 0 Å². The molecule has 0 aliphatic carbocycles. The molecule has 3 aliphatic heterocycles. The van der Waals surface area contributed by atoms with Crippen molar-refractivity contribution < 1.29 is 47.6 Å². The van der Waals surface area contributed by atoms with Gasteiger partial charge in [-0.3, -0.25) is 32.8 Å². The number of hydrogen-bond acceptors (Lipinski definition) is 17. The van der Waals surface area contributed by atoms with Crippen molar-refractivity contribution in [2.24, 2.45) is 0 Å². The predicted molar refractivity (Wildman–Crippen MR) is 161 cm³/mol. The van der Waals surface area contributed by atoms with Gasteiger partial charge in [0, 0.05) is 6.20 Å². The van der Waals surface area contributed by atoms with Gasteiger partial charge in [0.25, 0.3) is 11.1 Å². The van der Waals surface area contributed by atoms with Crippen LogP contribution >= 0.6 is 13.4 Å². The molecule has 3 aliphatic rings. The van der Waals surface area contributed by atoms with Gasteiger partial charge < -0.3 is 44.3 Å². The summed E-state index contributed by atoms with van der Waals surface area (Å²) < 4.78 is 36.6. The third kappa shape index (κ3) is 5.73. The van der Waals surface area contributed by atoms with Crippen LogP contribution in [0.15, 0.2) is 40.6 Å². The van der Waals surface area contributed by atoms with Gasteiger partial charge in [-0.1, -0.05) is 0 Å². The van der Waals surface area contributed by atoms with Crippen LogP contribution in [-0.2, 0) is 51.2 Å². The number of nitrogens with one attached hydrogen (secondary N) is 1. The lowest BCUT2D eigenvalue weighted by atomic mass is 10.1. The van der Waals surface area contributed by atoms with Crippen LogP contribution in [0.5, 0.6) is 0 Å². The van der Waals surface area contributed by atoms with E-state index < -0.39 is 86.8 Å². The first-order valence-corrected chi connectivity index (χ1v) is 18.5. The Morgan fingerprint density at radius 3 is 2.35 bits per heavy atom. The van der Waals surface area contributed by atoms with E-state index in [-0.39, 0.29) is 28.1 Å². The van der Waals surface area contributed by atoms with Crippen molar-refractivity contribution in [3.63, 3.8) is 0 Å². The van der Waals surface area contributed by atoms with Gasteiger partial charge in [-0.15, -0.1) is 0 Å². The van der Waals surface area contributed by atoms with Gasteiger partial charge in [0.2, 0.25) is 5.95 Å². The molecule has 4 aromatic heterocycles. The summed E-state index contributed by atoms with van der Waals surface area (Å²) in [4.78, 5) is 66.2. The highest BCUT2D eigenvalue weighted by Gasteiger charge is 2.52. The lowest BCUT2D eigenvalue weighted by Crippen LogP contribution is -2.37. The Labute approximate surface area is 266 Å². The molecule has 4 aromatic rings. The molecule has 3 fully saturated rings. The number of aromatic amines is 1. The normalized spacial score (nSPS) is 37.0. The first-order valence-electron chi connectivity index (χ1n) is 13.3. The van der Waals surface area contributed by atoms with Gasteiger partial charge >= 0.3 is 13.4 Å². The number of nitrogens with zero attached hydrogens (tertiary/aromatic N) is 6. The van der Waals surface area contributed by atoms with Crippen molar-refractivity contribution in [2.45, 2.75) is 49.1 Å². The number of nitrogen functional groups attached to an aromatic ring is 1. The Morgan fingerprint density at radius 1 is 0.913 bits per heavy atom. The standard InChI is InChI=1S/C22H24N8O12P2S2/c23-22-27-17-11(18(33)28-22)25-6-29(17)21-15-12(31)9(39-21)4-37-43(35,45)41-14-10(5-38-44(36,46)42-15)40-20(13(14)32)30-7-26-16-8(19(30)34)2-1-3-24-16/h1-3,6-7,9-10,12-15,20-21,31-32H,4-5H2,(H,35,45)(H,36,46)(H3,23,27,28,33)/t9-,10-,12-,13-,14-,15-,20-,21-,43?,44?/m1/s1. The summed E-state index contributed by atoms with van der Waals surface area (Å²) >= 11 is 10.4. The van der Waals surface area contributed by atoms with Gasteiger partial charge in [0.15, 0.2) is 29.3 Å². The third-order valence-corrected chi connectivity index (χ3v) is 10.6. The second kappa shape index (κ2) is 11.8. The molecule has 246 valence electrons. The van der Waals surface area contributed by atoms with E-state index in [2.05, 4.69) is 24.9 Å². The van der Waals surface area contributed by atoms with Crippen LogP contribution in [0.4, 0.5) is 5.95 Å². The minimum absolute atomic E-state index is 0.0334. The molecule has 0 spiro atoms. The Balaban J connectivity index is 1.21. The smallest absolute Gasteiger partial charge is 0.325 e. The number of imidazole rings is 1. The number of fused-ring (bicyclic) bond motifs is 5. The summed E-state index contributed by atoms with van der Waals surface area (Å²) in [7, 11) is 0. The quantitative estimate of drug-likeness (QED) is 0.126. The van der Waals surface area contributed by atoms with Crippen molar-refractivity contribution >= 4 is 65.2 Å². The average molecular weight is 719 g/mol. The molecule has 3 saturated heterocycles. The molecule has 0 saturated carbocycles.